The van der Waals surface area contributed by atoms with Crippen LogP contribution in [0.4, 0.5) is 10.1 Å². The molecule has 56 heavy (non-hydrogen) atoms. The Kier molecular flexibility index (Phi) is 9.90. The number of nitrogens with one attached hydrogen (secondary N) is 2. The van der Waals surface area contributed by atoms with Gasteiger partial charge in [0.25, 0.3) is 5.91 Å². The van der Waals surface area contributed by atoms with E-state index in [-0.39, 0.29) is 42.3 Å². The molecule has 8 rings (SSSR count). The van der Waals surface area contributed by atoms with Crippen LogP contribution in [0.5, 0.6) is 0 Å². The van der Waals surface area contributed by atoms with Gasteiger partial charge in [-0.25, -0.2) is 14.2 Å². The minimum absolute atomic E-state index is 0.160. The summed E-state index contributed by atoms with van der Waals surface area (Å²) in [7, 11) is 1.66. The Balaban J connectivity index is 0.912. The van der Waals surface area contributed by atoms with Gasteiger partial charge in [0.15, 0.2) is 0 Å². The quantitative estimate of drug-likeness (QED) is 0.177. The lowest BCUT2D eigenvalue weighted by molar-refractivity contribution is -0.135. The number of alkyl halides is 1. The number of para-hydroxylation sites is 1. The Hall–Kier alpha value is -5.21. The number of halogens is 1. The van der Waals surface area contributed by atoms with E-state index in [1.165, 1.54) is 9.13 Å². The third-order valence-corrected chi connectivity index (χ3v) is 12.1. The molecule has 1 aliphatic carbocycles. The monoisotopic (exact) mass is 764 g/mol. The number of carbonyl (C=O) groups excluding carboxylic acids is 3. The summed E-state index contributed by atoms with van der Waals surface area (Å²) in [6, 6.07) is 13.9. The molecule has 3 amide bonds. The number of aliphatic hydroxyl groups is 1. The van der Waals surface area contributed by atoms with Crippen LogP contribution in [0.3, 0.4) is 0 Å². The molecule has 3 aromatic heterocycles. The Labute approximate surface area is 323 Å². The maximum absolute atomic E-state index is 16.2. The fourth-order valence-electron chi connectivity index (χ4n) is 9.18. The largest absolute Gasteiger partial charge is 0.386 e. The first kappa shape index (κ1) is 37.7. The number of imide groups is 1. The van der Waals surface area contributed by atoms with Crippen molar-refractivity contribution < 1.29 is 23.9 Å². The highest BCUT2D eigenvalue weighted by atomic mass is 19.1. The molecule has 0 radical (unpaired) electrons. The summed E-state index contributed by atoms with van der Waals surface area (Å²) >= 11 is 0. The predicted molar refractivity (Wildman–Crippen MR) is 210 cm³/mol. The van der Waals surface area contributed by atoms with Crippen LogP contribution in [-0.2, 0) is 22.2 Å². The highest BCUT2D eigenvalue weighted by molar-refractivity contribution is 6.04. The first-order chi connectivity index (χ1) is 26.7. The lowest BCUT2D eigenvalue weighted by Gasteiger charge is -2.38. The van der Waals surface area contributed by atoms with Gasteiger partial charge >= 0.3 is 5.69 Å². The third kappa shape index (κ3) is 7.16. The van der Waals surface area contributed by atoms with Gasteiger partial charge in [-0.2, -0.15) is 5.10 Å². The average molecular weight is 765 g/mol. The van der Waals surface area contributed by atoms with Crippen molar-refractivity contribution in [3.63, 3.8) is 0 Å². The zero-order chi connectivity index (χ0) is 39.5. The van der Waals surface area contributed by atoms with E-state index in [9.17, 15) is 24.3 Å². The van der Waals surface area contributed by atoms with E-state index < -0.39 is 23.7 Å². The molecule has 0 bridgehead atoms. The van der Waals surface area contributed by atoms with Crippen molar-refractivity contribution in [2.24, 2.45) is 13.0 Å². The number of benzene rings is 2. The standard InChI is InChI=1S/C42H49FN8O5/c1-24-7-5-9-32(44-24)39(53)45-34-19-26-22-50(47-33(26)20-30(34)42(2,3)56)27-13-11-25(12-14-27)21-49-18-17-28(31(43)23-49)29-8-6-10-35-38(29)48(4)41(55)51(35)36-15-16-37(52)46-40(36)54/h5-10,19-20,22,25,27-28,31,36,56H,11-18,21,23H2,1-4H3,(H,45,53)(H,46,52,54)/t25?,27?,28-,31-,36?/m1/s1. The molecular formula is C42H49FN8O5. The Morgan fingerprint density at radius 2 is 1.80 bits per heavy atom. The van der Waals surface area contributed by atoms with Crippen LogP contribution >= 0.6 is 0 Å². The van der Waals surface area contributed by atoms with E-state index in [4.69, 9.17) is 5.10 Å². The second-order valence-corrected chi connectivity index (χ2v) is 16.5. The van der Waals surface area contributed by atoms with Crippen LogP contribution < -0.4 is 16.3 Å². The number of imidazole rings is 1. The van der Waals surface area contributed by atoms with E-state index in [0.717, 1.165) is 60.9 Å². The van der Waals surface area contributed by atoms with E-state index >= 15 is 4.39 Å². The third-order valence-electron chi connectivity index (χ3n) is 12.1. The van der Waals surface area contributed by atoms with Crippen molar-refractivity contribution in [1.29, 1.82) is 0 Å². The molecule has 2 aromatic carbocycles. The number of piperidine rings is 2. The zero-order valence-electron chi connectivity index (χ0n) is 32.3. The summed E-state index contributed by atoms with van der Waals surface area (Å²) in [6.45, 7) is 7.09. The van der Waals surface area contributed by atoms with E-state index in [1.807, 2.05) is 48.1 Å². The molecule has 2 aliphatic heterocycles. The molecule has 294 valence electrons. The van der Waals surface area contributed by atoms with Crippen molar-refractivity contribution >= 4 is 45.3 Å². The van der Waals surface area contributed by atoms with Crippen LogP contribution in [0.25, 0.3) is 21.9 Å². The minimum Gasteiger partial charge on any atom is -0.386 e. The van der Waals surface area contributed by atoms with Crippen LogP contribution in [-0.4, -0.2) is 77.4 Å². The topological polar surface area (TPSA) is 156 Å². The number of aromatic nitrogens is 5. The maximum atomic E-state index is 16.2. The van der Waals surface area contributed by atoms with Crippen molar-refractivity contribution in [3.8, 4) is 0 Å². The molecule has 14 heteroatoms. The van der Waals surface area contributed by atoms with Crippen molar-refractivity contribution in [3.05, 3.63) is 87.7 Å². The molecule has 2 saturated heterocycles. The smallest absolute Gasteiger partial charge is 0.329 e. The van der Waals surface area contributed by atoms with Gasteiger partial charge in [0.05, 0.1) is 28.2 Å². The number of fused-ring (bicyclic) bond motifs is 2. The molecule has 5 heterocycles. The van der Waals surface area contributed by atoms with Crippen molar-refractivity contribution in [2.75, 3.05) is 25.0 Å². The van der Waals surface area contributed by atoms with Gasteiger partial charge in [-0.1, -0.05) is 18.2 Å². The van der Waals surface area contributed by atoms with E-state index in [0.29, 0.717) is 46.9 Å². The second kappa shape index (κ2) is 14.7. The molecule has 13 nitrogen and oxygen atoms in total. The summed E-state index contributed by atoms with van der Waals surface area (Å²) < 4.78 is 21.2. The highest BCUT2D eigenvalue weighted by Crippen LogP contribution is 2.39. The summed E-state index contributed by atoms with van der Waals surface area (Å²) in [4.78, 5) is 57.6. The van der Waals surface area contributed by atoms with Gasteiger partial charge in [-0.15, -0.1) is 0 Å². The fourth-order valence-corrected chi connectivity index (χ4v) is 9.18. The molecular weight excluding hydrogens is 716 g/mol. The van der Waals surface area contributed by atoms with Gasteiger partial charge in [0, 0.05) is 61.0 Å². The number of hydrogen-bond acceptors (Lipinski definition) is 8. The molecule has 1 unspecified atom stereocenters. The molecule has 5 aromatic rings. The average Bonchev–Trinajstić information content (AvgIpc) is 3.69. The number of carbonyl (C=O) groups is 3. The highest BCUT2D eigenvalue weighted by Gasteiger charge is 2.36. The van der Waals surface area contributed by atoms with Gasteiger partial charge in [0.1, 0.15) is 17.9 Å². The van der Waals surface area contributed by atoms with Crippen molar-refractivity contribution in [2.45, 2.75) is 95.5 Å². The number of hydrogen-bond donors (Lipinski definition) is 3. The molecule has 3 aliphatic rings. The molecule has 0 spiro atoms. The molecule has 3 atom stereocenters. The van der Waals surface area contributed by atoms with Gasteiger partial charge in [-0.3, -0.25) is 33.5 Å². The lowest BCUT2D eigenvalue weighted by Crippen LogP contribution is -2.44. The summed E-state index contributed by atoms with van der Waals surface area (Å²) in [5.41, 5.74) is 3.31. The maximum Gasteiger partial charge on any atom is 0.329 e. The number of likely N-dealkylation sites (tertiary alicyclic amines) is 1. The Morgan fingerprint density at radius 1 is 1.04 bits per heavy atom. The first-order valence-electron chi connectivity index (χ1n) is 19.7. The number of anilines is 1. The van der Waals surface area contributed by atoms with Gasteiger partial charge < -0.3 is 15.3 Å². The normalized spacial score (nSPS) is 23.8. The van der Waals surface area contributed by atoms with Crippen molar-refractivity contribution in [1.82, 2.24) is 34.1 Å². The van der Waals surface area contributed by atoms with Crippen LogP contribution in [0, 0.1) is 12.8 Å². The minimum atomic E-state index is -1.22. The number of nitrogens with zero attached hydrogens (tertiary/aromatic N) is 6. The van der Waals surface area contributed by atoms with Gasteiger partial charge in [-0.05, 0) is 108 Å². The lowest BCUT2D eigenvalue weighted by atomic mass is 9.83. The molecule has 3 fully saturated rings. The first-order valence-corrected chi connectivity index (χ1v) is 19.7. The molecule has 3 N–H and O–H groups in total. The van der Waals surface area contributed by atoms with Crippen LogP contribution in [0.2, 0.25) is 0 Å². The van der Waals surface area contributed by atoms with E-state index in [2.05, 4.69) is 20.5 Å². The zero-order valence-corrected chi connectivity index (χ0v) is 32.3. The summed E-state index contributed by atoms with van der Waals surface area (Å²) in [6.07, 6.45) is 5.79. The number of pyridine rings is 1. The van der Waals surface area contributed by atoms with Gasteiger partial charge in [0.2, 0.25) is 11.8 Å². The number of aryl methyl sites for hydroxylation is 2. The predicted octanol–water partition coefficient (Wildman–Crippen LogP) is 5.41. The number of rotatable bonds is 8. The Morgan fingerprint density at radius 3 is 2.52 bits per heavy atom. The summed E-state index contributed by atoms with van der Waals surface area (Å²) in [5, 5.41) is 22.1. The molecule has 1 saturated carbocycles. The summed E-state index contributed by atoms with van der Waals surface area (Å²) in [5.74, 6) is -1.12. The van der Waals surface area contributed by atoms with Crippen LogP contribution in [0.1, 0.15) is 104 Å². The second-order valence-electron chi connectivity index (χ2n) is 16.5. The number of amides is 3. The van der Waals surface area contributed by atoms with E-state index in [1.54, 1.807) is 39.1 Å². The fraction of sp³-hybridized carbons (Fsp3) is 0.476. The SMILES string of the molecule is Cc1cccc(C(=O)Nc2cc3cn(C4CCC(CN5CC[C@H](c6cccc7c6n(C)c(=O)n7C6CCC(=O)NC6=O)[C@H](F)C5)CC4)nc3cc2C(C)(C)O)n1. The Bertz CT molecular complexity index is 2400. The van der Waals surface area contributed by atoms with Crippen LogP contribution in [0.15, 0.2) is 59.5 Å².